The molecule has 182 valence electrons. The molecule has 4 aromatic rings. The lowest BCUT2D eigenvalue weighted by Crippen LogP contribution is -2.16. The number of anilines is 1. The number of carbonyl (C=O) groups excluding carboxylic acids is 1. The molecule has 2 aromatic heterocycles. The largest absolute Gasteiger partial charge is 0.487 e. The maximum Gasteiger partial charge on any atom is 0.343 e. The Balaban J connectivity index is 1.44. The number of nitrogens with zero attached hydrogens (tertiary/aromatic N) is 3. The summed E-state index contributed by atoms with van der Waals surface area (Å²) in [4.78, 5) is 16.6. The van der Waals surface area contributed by atoms with Gasteiger partial charge in [-0.15, -0.1) is 0 Å². The lowest BCUT2D eigenvalue weighted by Gasteiger charge is -2.09. The second-order valence-electron chi connectivity index (χ2n) is 7.54. The lowest BCUT2D eigenvalue weighted by molar-refractivity contribution is 0.0527. The fourth-order valence-corrected chi connectivity index (χ4v) is 4.26. The molecule has 2 aromatic carbocycles. The Morgan fingerprint density at radius 3 is 2.51 bits per heavy atom. The van der Waals surface area contributed by atoms with E-state index >= 15 is 0 Å². The van der Waals surface area contributed by atoms with Crippen LogP contribution in [0.15, 0.2) is 70.1 Å². The van der Waals surface area contributed by atoms with Gasteiger partial charge < -0.3 is 13.9 Å². The van der Waals surface area contributed by atoms with Gasteiger partial charge in [-0.2, -0.15) is 5.10 Å². The van der Waals surface area contributed by atoms with E-state index in [9.17, 15) is 13.2 Å². The Morgan fingerprint density at radius 1 is 1.11 bits per heavy atom. The maximum atomic E-state index is 12.8. The van der Waals surface area contributed by atoms with E-state index in [4.69, 9.17) is 13.9 Å². The van der Waals surface area contributed by atoms with Crippen LogP contribution in [0.5, 0.6) is 5.75 Å². The second-order valence-corrected chi connectivity index (χ2v) is 9.22. The Bertz CT molecular complexity index is 1430. The molecule has 0 saturated heterocycles. The summed E-state index contributed by atoms with van der Waals surface area (Å²) < 4.78 is 45.8. The summed E-state index contributed by atoms with van der Waals surface area (Å²) in [7, 11) is -2.43. The number of ether oxygens (including phenoxy) is 2. The first-order valence-electron chi connectivity index (χ1n) is 10.7. The molecule has 1 N–H and O–H groups in total. The van der Waals surface area contributed by atoms with E-state index in [1.807, 2.05) is 37.3 Å². The molecule has 10 nitrogen and oxygen atoms in total. The Labute approximate surface area is 202 Å². The molecule has 11 heteroatoms. The van der Waals surface area contributed by atoms with Crippen LogP contribution in [-0.2, 0) is 28.4 Å². The Hall–Kier alpha value is -4.12. The highest BCUT2D eigenvalue weighted by Gasteiger charge is 2.23. The fraction of sp³-hybridized carbons (Fsp3) is 0.208. The summed E-state index contributed by atoms with van der Waals surface area (Å²) in [6.45, 7) is 3.78. The topological polar surface area (TPSA) is 126 Å². The fourth-order valence-electron chi connectivity index (χ4n) is 3.24. The quantitative estimate of drug-likeness (QED) is 0.345. The van der Waals surface area contributed by atoms with Crippen LogP contribution < -0.4 is 9.46 Å². The molecule has 0 unspecified atom stereocenters. The van der Waals surface area contributed by atoms with Gasteiger partial charge in [0.15, 0.2) is 5.82 Å². The third-order valence-corrected chi connectivity index (χ3v) is 6.33. The molecule has 0 bridgehead atoms. The smallest absolute Gasteiger partial charge is 0.343 e. The van der Waals surface area contributed by atoms with E-state index in [2.05, 4.69) is 14.8 Å². The second kappa shape index (κ2) is 10.0. The minimum absolute atomic E-state index is 0.0192. The summed E-state index contributed by atoms with van der Waals surface area (Å²) in [6, 6.07) is 15.4. The minimum atomic E-state index is -4.01. The van der Waals surface area contributed by atoms with Crippen LogP contribution >= 0.6 is 0 Å². The van der Waals surface area contributed by atoms with Crippen molar-refractivity contribution < 1.29 is 27.1 Å². The Kier molecular flexibility index (Phi) is 6.87. The van der Waals surface area contributed by atoms with E-state index in [-0.39, 0.29) is 29.5 Å². The summed E-state index contributed by atoms with van der Waals surface area (Å²) in [5.41, 5.74) is 1.53. The number of aryl methyl sites for hydroxylation is 2. The van der Waals surface area contributed by atoms with Crippen LogP contribution in [-0.4, -0.2) is 35.8 Å². The molecule has 35 heavy (non-hydrogen) atoms. The lowest BCUT2D eigenvalue weighted by atomic mass is 10.2. The molecule has 0 amide bonds. The molecule has 0 aliphatic carbocycles. The highest BCUT2D eigenvalue weighted by Crippen LogP contribution is 2.24. The number of aromatic nitrogens is 3. The van der Waals surface area contributed by atoms with Crippen molar-refractivity contribution >= 4 is 21.8 Å². The van der Waals surface area contributed by atoms with Gasteiger partial charge in [-0.05, 0) is 50.2 Å². The van der Waals surface area contributed by atoms with Crippen molar-refractivity contribution in [2.24, 2.45) is 7.05 Å². The number of rotatable bonds is 9. The zero-order valence-corrected chi connectivity index (χ0v) is 20.2. The number of nitrogens with one attached hydrogen (secondary N) is 1. The first-order chi connectivity index (χ1) is 16.8. The number of oxazole rings is 1. The number of hydrogen-bond acceptors (Lipinski definition) is 8. The normalized spacial score (nSPS) is 11.3. The van der Waals surface area contributed by atoms with E-state index in [0.29, 0.717) is 23.1 Å². The molecule has 0 spiro atoms. The summed E-state index contributed by atoms with van der Waals surface area (Å²) in [5.74, 6) is 0.825. The van der Waals surface area contributed by atoms with Crippen molar-refractivity contribution in [3.8, 4) is 17.2 Å². The van der Waals surface area contributed by atoms with Crippen LogP contribution in [0.2, 0.25) is 0 Å². The van der Waals surface area contributed by atoms with Gasteiger partial charge in [-0.3, -0.25) is 9.40 Å². The number of carbonyl (C=O) groups is 1. The zero-order chi connectivity index (χ0) is 25.0. The van der Waals surface area contributed by atoms with E-state index < -0.39 is 16.0 Å². The van der Waals surface area contributed by atoms with Crippen molar-refractivity contribution in [3.63, 3.8) is 0 Å². The van der Waals surface area contributed by atoms with Gasteiger partial charge >= 0.3 is 5.97 Å². The van der Waals surface area contributed by atoms with Gasteiger partial charge in [0.2, 0.25) is 5.89 Å². The van der Waals surface area contributed by atoms with Crippen LogP contribution in [0.25, 0.3) is 11.5 Å². The number of esters is 1. The van der Waals surface area contributed by atoms with E-state index in [1.54, 1.807) is 14.0 Å². The molecule has 0 aliphatic heterocycles. The summed E-state index contributed by atoms with van der Waals surface area (Å²) >= 11 is 0. The zero-order valence-electron chi connectivity index (χ0n) is 19.4. The third kappa shape index (κ3) is 5.52. The van der Waals surface area contributed by atoms with Crippen LogP contribution in [0.1, 0.15) is 28.7 Å². The predicted molar refractivity (Wildman–Crippen MR) is 127 cm³/mol. The average molecular weight is 497 g/mol. The minimum Gasteiger partial charge on any atom is -0.487 e. The first kappa shape index (κ1) is 24.0. The molecule has 0 aliphatic rings. The monoisotopic (exact) mass is 496 g/mol. The van der Waals surface area contributed by atoms with Gasteiger partial charge in [0.1, 0.15) is 29.4 Å². The molecule has 4 rings (SSSR count). The van der Waals surface area contributed by atoms with Gasteiger partial charge in [-0.1, -0.05) is 18.2 Å². The highest BCUT2D eigenvalue weighted by atomic mass is 32.2. The first-order valence-corrected chi connectivity index (χ1v) is 12.2. The molecule has 0 atom stereocenters. The predicted octanol–water partition coefficient (Wildman–Crippen LogP) is 3.94. The van der Waals surface area contributed by atoms with Gasteiger partial charge in [0.05, 0.1) is 11.5 Å². The molecular weight excluding hydrogens is 472 g/mol. The van der Waals surface area contributed by atoms with Crippen molar-refractivity contribution in [3.05, 3.63) is 77.8 Å². The van der Waals surface area contributed by atoms with Gasteiger partial charge in [0, 0.05) is 18.8 Å². The average Bonchev–Trinajstić information content (AvgIpc) is 3.40. The SMILES string of the molecule is CCOC(=O)c1cn(C)nc1NS(=O)(=O)c1ccc(OCc2nc(-c3ccccc3)oc2C)cc1. The standard InChI is InChI=1S/C24H24N4O6S/c1-4-32-24(29)20-14-28(3)26-22(20)27-35(30,31)19-12-10-18(11-13-19)33-15-21-16(2)34-23(25-21)17-8-6-5-7-9-17/h5-14H,4,15H2,1-3H3,(H,26,27). The molecular formula is C24H24N4O6S. The number of hydrogen-bond donors (Lipinski definition) is 1. The van der Waals surface area contributed by atoms with Crippen molar-refractivity contribution in [1.82, 2.24) is 14.8 Å². The summed E-state index contributed by atoms with van der Waals surface area (Å²) in [6.07, 6.45) is 1.39. The van der Waals surface area contributed by atoms with Gasteiger partial charge in [-0.25, -0.2) is 18.2 Å². The van der Waals surface area contributed by atoms with Crippen molar-refractivity contribution in [1.29, 1.82) is 0 Å². The molecule has 0 saturated carbocycles. The van der Waals surface area contributed by atoms with Crippen LogP contribution in [0, 0.1) is 6.92 Å². The van der Waals surface area contributed by atoms with E-state index in [0.717, 1.165) is 5.56 Å². The van der Waals surface area contributed by atoms with Crippen LogP contribution in [0.4, 0.5) is 5.82 Å². The number of sulfonamides is 1. The van der Waals surface area contributed by atoms with Gasteiger partial charge in [0.25, 0.3) is 10.0 Å². The maximum absolute atomic E-state index is 12.8. The van der Waals surface area contributed by atoms with Crippen molar-refractivity contribution in [2.75, 3.05) is 11.3 Å². The third-order valence-electron chi connectivity index (χ3n) is 4.98. The molecule has 2 heterocycles. The number of benzene rings is 2. The molecule has 0 fully saturated rings. The Morgan fingerprint density at radius 2 is 1.83 bits per heavy atom. The van der Waals surface area contributed by atoms with Crippen molar-refractivity contribution in [2.45, 2.75) is 25.3 Å². The van der Waals surface area contributed by atoms with E-state index in [1.165, 1.54) is 35.1 Å². The van der Waals surface area contributed by atoms with Crippen LogP contribution in [0.3, 0.4) is 0 Å². The summed E-state index contributed by atoms with van der Waals surface area (Å²) in [5, 5.41) is 4.02. The highest BCUT2D eigenvalue weighted by molar-refractivity contribution is 7.92. The molecule has 0 radical (unpaired) electrons.